The van der Waals surface area contributed by atoms with E-state index in [0.29, 0.717) is 0 Å². The van der Waals surface area contributed by atoms with Gasteiger partial charge in [-0.25, -0.2) is 0 Å². The molecular formula is C48H30O. The molecule has 0 aliphatic heterocycles. The van der Waals surface area contributed by atoms with Crippen LogP contribution in [0.25, 0.3) is 98.8 Å². The lowest BCUT2D eigenvalue weighted by molar-refractivity contribution is 0.669. The molecule has 0 spiro atoms. The maximum absolute atomic E-state index is 6.23. The molecule has 1 nitrogen and oxygen atoms in total. The molecule has 0 radical (unpaired) electrons. The summed E-state index contributed by atoms with van der Waals surface area (Å²) < 4.78 is 6.23. The molecule has 228 valence electrons. The first kappa shape index (κ1) is 27.7. The monoisotopic (exact) mass is 622 g/mol. The Labute approximate surface area is 284 Å². The van der Waals surface area contributed by atoms with Gasteiger partial charge in [-0.2, -0.15) is 0 Å². The minimum Gasteiger partial charge on any atom is -0.456 e. The van der Waals surface area contributed by atoms with Gasteiger partial charge in [0.25, 0.3) is 0 Å². The summed E-state index contributed by atoms with van der Waals surface area (Å²) in [5.41, 5.74) is 11.6. The fourth-order valence-corrected chi connectivity index (χ4v) is 7.87. The van der Waals surface area contributed by atoms with Crippen LogP contribution in [0.15, 0.2) is 186 Å². The number of hydrogen-bond donors (Lipinski definition) is 0. The average molecular weight is 623 g/mol. The fourth-order valence-electron chi connectivity index (χ4n) is 7.87. The van der Waals surface area contributed by atoms with Crippen LogP contribution < -0.4 is 0 Å². The molecule has 0 aliphatic rings. The van der Waals surface area contributed by atoms with Crippen molar-refractivity contribution in [2.24, 2.45) is 0 Å². The van der Waals surface area contributed by atoms with Gasteiger partial charge in [-0.05, 0) is 101 Å². The molecule has 0 bridgehead atoms. The molecule has 0 amide bonds. The highest BCUT2D eigenvalue weighted by Crippen LogP contribution is 2.49. The van der Waals surface area contributed by atoms with Gasteiger partial charge in [-0.1, -0.05) is 158 Å². The Hall–Kier alpha value is -6.44. The lowest BCUT2D eigenvalue weighted by Gasteiger charge is -2.22. The van der Waals surface area contributed by atoms with Gasteiger partial charge in [-0.15, -0.1) is 0 Å². The second-order valence-corrected chi connectivity index (χ2v) is 12.8. The maximum Gasteiger partial charge on any atom is 0.135 e. The highest BCUT2D eigenvalue weighted by molar-refractivity contribution is 6.24. The summed E-state index contributed by atoms with van der Waals surface area (Å²) in [5, 5.41) is 9.70. The number of para-hydroxylation sites is 1. The van der Waals surface area contributed by atoms with Crippen molar-refractivity contribution in [2.75, 3.05) is 0 Å². The van der Waals surface area contributed by atoms with Crippen LogP contribution in [0.5, 0.6) is 0 Å². The Morgan fingerprint density at radius 2 is 0.816 bits per heavy atom. The number of fused-ring (bicyclic) bond motifs is 6. The zero-order valence-electron chi connectivity index (χ0n) is 26.7. The van der Waals surface area contributed by atoms with Crippen LogP contribution in [0, 0.1) is 0 Å². The molecule has 1 heterocycles. The number of furan rings is 1. The molecule has 0 aliphatic carbocycles. The molecule has 49 heavy (non-hydrogen) atoms. The van der Waals surface area contributed by atoms with Gasteiger partial charge in [0.05, 0.1) is 0 Å². The van der Waals surface area contributed by atoms with E-state index in [-0.39, 0.29) is 0 Å². The topological polar surface area (TPSA) is 13.1 Å². The zero-order valence-corrected chi connectivity index (χ0v) is 26.7. The molecule has 10 aromatic rings. The highest BCUT2D eigenvalue weighted by Gasteiger charge is 2.22. The molecule has 0 saturated carbocycles. The third-order valence-corrected chi connectivity index (χ3v) is 10.1. The first-order chi connectivity index (χ1) is 24.3. The van der Waals surface area contributed by atoms with Crippen molar-refractivity contribution in [1.29, 1.82) is 0 Å². The van der Waals surface area contributed by atoms with Crippen LogP contribution in [0.4, 0.5) is 0 Å². The highest BCUT2D eigenvalue weighted by atomic mass is 16.3. The van der Waals surface area contributed by atoms with Gasteiger partial charge >= 0.3 is 0 Å². The van der Waals surface area contributed by atoms with E-state index in [0.717, 1.165) is 21.9 Å². The summed E-state index contributed by atoms with van der Waals surface area (Å²) in [7, 11) is 0. The molecule has 0 N–H and O–H groups in total. The maximum atomic E-state index is 6.23. The van der Waals surface area contributed by atoms with Gasteiger partial charge in [0.2, 0.25) is 0 Å². The molecule has 1 heteroatoms. The van der Waals surface area contributed by atoms with Gasteiger partial charge in [-0.3, -0.25) is 0 Å². The predicted molar refractivity (Wildman–Crippen MR) is 208 cm³/mol. The van der Waals surface area contributed by atoms with Crippen molar-refractivity contribution in [3.8, 4) is 44.5 Å². The second kappa shape index (κ2) is 11.1. The third kappa shape index (κ3) is 4.40. The molecular weight excluding hydrogens is 593 g/mol. The smallest absolute Gasteiger partial charge is 0.135 e. The minimum absolute atomic E-state index is 0.909. The number of benzene rings is 9. The Morgan fingerprint density at radius 3 is 1.55 bits per heavy atom. The third-order valence-electron chi connectivity index (χ3n) is 10.1. The van der Waals surface area contributed by atoms with E-state index in [4.69, 9.17) is 4.42 Å². The van der Waals surface area contributed by atoms with Crippen molar-refractivity contribution in [2.45, 2.75) is 0 Å². The van der Waals surface area contributed by atoms with E-state index in [1.807, 2.05) is 12.1 Å². The zero-order chi connectivity index (χ0) is 32.3. The average Bonchev–Trinajstić information content (AvgIpc) is 3.55. The Balaban J connectivity index is 1.33. The molecule has 0 atom stereocenters. The predicted octanol–water partition coefficient (Wildman–Crippen LogP) is 13.7. The molecule has 0 fully saturated rings. The normalized spacial score (nSPS) is 11.7. The molecule has 0 saturated heterocycles. The standard InChI is InChI=1S/C48H30O/c1-2-14-32(15-3-1)36-22-12-23-37(34-26-25-31-13-4-5-16-33(31)29-34)47(36)48-41-20-8-6-18-39(41)46(40-19-7-9-21-42(40)48)35-27-28-45-43(30-35)38-17-10-11-24-44(38)49-45/h1-30H. The van der Waals surface area contributed by atoms with Crippen molar-refractivity contribution < 1.29 is 4.42 Å². The molecule has 1 aromatic heterocycles. The minimum atomic E-state index is 0.909. The number of hydrogen-bond acceptors (Lipinski definition) is 1. The Kier molecular flexibility index (Phi) is 6.25. The van der Waals surface area contributed by atoms with Crippen molar-refractivity contribution in [3.63, 3.8) is 0 Å². The van der Waals surface area contributed by atoms with Gasteiger partial charge in [0.15, 0.2) is 0 Å². The van der Waals surface area contributed by atoms with Gasteiger partial charge in [0.1, 0.15) is 11.2 Å². The summed E-state index contributed by atoms with van der Waals surface area (Å²) in [4.78, 5) is 0. The SMILES string of the molecule is c1ccc(-c2cccc(-c3ccc4ccccc4c3)c2-c2c3ccccc3c(-c3ccc4oc5ccccc5c4c3)c3ccccc23)cc1. The van der Waals surface area contributed by atoms with E-state index in [1.54, 1.807) is 0 Å². The molecule has 10 rings (SSSR count). The van der Waals surface area contributed by atoms with E-state index >= 15 is 0 Å². The van der Waals surface area contributed by atoms with Gasteiger partial charge < -0.3 is 4.42 Å². The largest absolute Gasteiger partial charge is 0.456 e. The van der Waals surface area contributed by atoms with Crippen LogP contribution >= 0.6 is 0 Å². The lowest BCUT2D eigenvalue weighted by atomic mass is 9.80. The quantitative estimate of drug-likeness (QED) is 0.178. The van der Waals surface area contributed by atoms with Crippen LogP contribution in [-0.4, -0.2) is 0 Å². The van der Waals surface area contributed by atoms with Crippen molar-refractivity contribution >= 4 is 54.3 Å². The number of rotatable bonds is 4. The Morgan fingerprint density at radius 1 is 0.265 bits per heavy atom. The van der Waals surface area contributed by atoms with Crippen molar-refractivity contribution in [1.82, 2.24) is 0 Å². The van der Waals surface area contributed by atoms with Crippen LogP contribution in [0.1, 0.15) is 0 Å². The van der Waals surface area contributed by atoms with Crippen LogP contribution in [0.3, 0.4) is 0 Å². The first-order valence-electron chi connectivity index (χ1n) is 16.8. The van der Waals surface area contributed by atoms with E-state index in [2.05, 4.69) is 170 Å². The van der Waals surface area contributed by atoms with Crippen LogP contribution in [0.2, 0.25) is 0 Å². The summed E-state index contributed by atoms with van der Waals surface area (Å²) >= 11 is 0. The summed E-state index contributed by atoms with van der Waals surface area (Å²) in [6.45, 7) is 0. The second-order valence-electron chi connectivity index (χ2n) is 12.8. The molecule has 9 aromatic carbocycles. The molecule has 0 unspecified atom stereocenters. The van der Waals surface area contributed by atoms with E-state index in [1.165, 1.54) is 76.8 Å². The summed E-state index contributed by atoms with van der Waals surface area (Å²) in [6, 6.07) is 66.0. The van der Waals surface area contributed by atoms with Crippen LogP contribution in [-0.2, 0) is 0 Å². The summed E-state index contributed by atoms with van der Waals surface area (Å²) in [6.07, 6.45) is 0. The summed E-state index contributed by atoms with van der Waals surface area (Å²) in [5.74, 6) is 0. The van der Waals surface area contributed by atoms with Gasteiger partial charge in [0, 0.05) is 10.8 Å². The first-order valence-corrected chi connectivity index (χ1v) is 16.8. The van der Waals surface area contributed by atoms with Crippen molar-refractivity contribution in [3.05, 3.63) is 182 Å². The Bertz CT molecular complexity index is 2820. The fraction of sp³-hybridized carbons (Fsp3) is 0. The van der Waals surface area contributed by atoms with E-state index < -0.39 is 0 Å². The lowest BCUT2D eigenvalue weighted by Crippen LogP contribution is -1.95. The van der Waals surface area contributed by atoms with E-state index in [9.17, 15) is 0 Å².